The van der Waals surface area contributed by atoms with E-state index in [-0.39, 0.29) is 24.5 Å². The molecule has 2 rings (SSSR count). The number of aromatic nitrogens is 3. The predicted octanol–water partition coefficient (Wildman–Crippen LogP) is 1.81. The number of hydrogen-bond donors (Lipinski definition) is 1. The minimum atomic E-state index is -0.144. The highest BCUT2D eigenvalue weighted by Crippen LogP contribution is 2.15. The van der Waals surface area contributed by atoms with E-state index < -0.39 is 0 Å². The van der Waals surface area contributed by atoms with Gasteiger partial charge in [0.25, 0.3) is 5.91 Å². The summed E-state index contributed by atoms with van der Waals surface area (Å²) in [6.07, 6.45) is 3.25. The Morgan fingerprint density at radius 3 is 2.59 bits per heavy atom. The van der Waals surface area contributed by atoms with Crippen LogP contribution in [0.2, 0.25) is 0 Å². The molecule has 0 saturated heterocycles. The number of carbonyl (C=O) groups is 1. The van der Waals surface area contributed by atoms with Gasteiger partial charge in [0.15, 0.2) is 6.61 Å². The lowest BCUT2D eigenvalue weighted by molar-refractivity contribution is -0.124. The Balaban J connectivity index is 1.87. The molecule has 1 amide bonds. The van der Waals surface area contributed by atoms with Crippen LogP contribution in [-0.2, 0) is 11.3 Å². The summed E-state index contributed by atoms with van der Waals surface area (Å²) in [6, 6.07) is 7.60. The van der Waals surface area contributed by atoms with Gasteiger partial charge in [-0.3, -0.25) is 4.79 Å². The van der Waals surface area contributed by atoms with Crippen LogP contribution in [-0.4, -0.2) is 33.5 Å². The average molecular weight is 302 g/mol. The number of hydrogen-bond acceptors (Lipinski definition) is 4. The van der Waals surface area contributed by atoms with E-state index in [1.54, 1.807) is 17.2 Å². The van der Waals surface area contributed by atoms with E-state index >= 15 is 0 Å². The molecule has 0 aliphatic heterocycles. The number of amides is 1. The van der Waals surface area contributed by atoms with Crippen molar-refractivity contribution in [2.75, 3.05) is 6.61 Å². The molecular formula is C16H22N4O2. The van der Waals surface area contributed by atoms with Gasteiger partial charge in [0, 0.05) is 0 Å². The Kier molecular flexibility index (Phi) is 5.52. The van der Waals surface area contributed by atoms with Crippen molar-refractivity contribution in [3.63, 3.8) is 0 Å². The van der Waals surface area contributed by atoms with Crippen LogP contribution in [0.15, 0.2) is 36.7 Å². The van der Waals surface area contributed by atoms with Crippen molar-refractivity contribution < 1.29 is 9.53 Å². The topological polar surface area (TPSA) is 69.0 Å². The van der Waals surface area contributed by atoms with E-state index in [4.69, 9.17) is 4.74 Å². The van der Waals surface area contributed by atoms with Crippen LogP contribution in [0.25, 0.3) is 0 Å². The molecular weight excluding hydrogens is 280 g/mol. The minimum Gasteiger partial charge on any atom is -0.484 e. The van der Waals surface area contributed by atoms with Crippen molar-refractivity contribution in [1.82, 2.24) is 20.3 Å². The highest BCUT2D eigenvalue weighted by atomic mass is 16.5. The lowest BCUT2D eigenvalue weighted by Gasteiger charge is -2.22. The summed E-state index contributed by atoms with van der Waals surface area (Å²) >= 11 is 0. The van der Waals surface area contributed by atoms with Gasteiger partial charge >= 0.3 is 0 Å². The van der Waals surface area contributed by atoms with Crippen molar-refractivity contribution >= 4 is 5.91 Å². The molecule has 6 heteroatoms. The first kappa shape index (κ1) is 16.0. The molecule has 0 aliphatic rings. The zero-order valence-corrected chi connectivity index (χ0v) is 13.2. The number of aryl methyl sites for hydroxylation is 1. The number of rotatable bonds is 7. The third-order valence-corrected chi connectivity index (χ3v) is 3.43. The second-order valence-electron chi connectivity index (χ2n) is 5.56. The fourth-order valence-electron chi connectivity index (χ4n) is 2.05. The number of carbonyl (C=O) groups excluding carboxylic acids is 1. The number of para-hydroxylation sites is 1. The van der Waals surface area contributed by atoms with Gasteiger partial charge in [0.05, 0.1) is 25.0 Å². The Morgan fingerprint density at radius 2 is 1.95 bits per heavy atom. The maximum atomic E-state index is 12.1. The highest BCUT2D eigenvalue weighted by molar-refractivity contribution is 5.77. The summed E-state index contributed by atoms with van der Waals surface area (Å²) in [5.74, 6) is 0.856. The lowest BCUT2D eigenvalue weighted by atomic mass is 10.0. The first-order valence-electron chi connectivity index (χ1n) is 7.38. The lowest BCUT2D eigenvalue weighted by Crippen LogP contribution is -2.44. The zero-order valence-electron chi connectivity index (χ0n) is 13.2. The Labute approximate surface area is 130 Å². The molecule has 0 bridgehead atoms. The van der Waals surface area contributed by atoms with Crippen LogP contribution >= 0.6 is 0 Å². The van der Waals surface area contributed by atoms with Crippen molar-refractivity contribution in [2.45, 2.75) is 33.4 Å². The molecule has 118 valence electrons. The first-order chi connectivity index (χ1) is 10.6. The third-order valence-electron chi connectivity index (χ3n) is 3.43. The highest BCUT2D eigenvalue weighted by Gasteiger charge is 2.18. The SMILES string of the molecule is Cc1ccccc1OCC(=O)NC(Cn1nccn1)C(C)C. The molecule has 1 atom stereocenters. The average Bonchev–Trinajstić information content (AvgIpc) is 2.98. The molecule has 2 aromatic rings. The Morgan fingerprint density at radius 1 is 1.27 bits per heavy atom. The molecule has 22 heavy (non-hydrogen) atoms. The summed E-state index contributed by atoms with van der Waals surface area (Å²) < 4.78 is 5.56. The van der Waals surface area contributed by atoms with Crippen LogP contribution in [0.1, 0.15) is 19.4 Å². The van der Waals surface area contributed by atoms with E-state index in [0.717, 1.165) is 11.3 Å². The molecule has 1 N–H and O–H groups in total. The Bertz CT molecular complexity index is 596. The fraction of sp³-hybridized carbons (Fsp3) is 0.438. The molecule has 1 aromatic carbocycles. The maximum Gasteiger partial charge on any atom is 0.258 e. The summed E-state index contributed by atoms with van der Waals surface area (Å²) in [6.45, 7) is 6.60. The smallest absolute Gasteiger partial charge is 0.258 e. The summed E-state index contributed by atoms with van der Waals surface area (Å²) in [4.78, 5) is 13.7. The molecule has 0 spiro atoms. The van der Waals surface area contributed by atoms with Gasteiger partial charge in [-0.05, 0) is 24.5 Å². The second-order valence-corrected chi connectivity index (χ2v) is 5.56. The van der Waals surface area contributed by atoms with Gasteiger partial charge in [0.1, 0.15) is 5.75 Å². The van der Waals surface area contributed by atoms with Gasteiger partial charge in [0.2, 0.25) is 0 Å². The minimum absolute atomic E-state index is 0.000604. The van der Waals surface area contributed by atoms with Crippen LogP contribution in [0.3, 0.4) is 0 Å². The zero-order chi connectivity index (χ0) is 15.9. The molecule has 0 radical (unpaired) electrons. The summed E-state index contributed by atoms with van der Waals surface area (Å²) in [5.41, 5.74) is 1.01. The molecule has 0 fully saturated rings. The van der Waals surface area contributed by atoms with E-state index in [0.29, 0.717) is 6.54 Å². The van der Waals surface area contributed by atoms with Crippen LogP contribution in [0, 0.1) is 12.8 Å². The number of nitrogens with zero attached hydrogens (tertiary/aromatic N) is 3. The maximum absolute atomic E-state index is 12.1. The van der Waals surface area contributed by atoms with Crippen molar-refractivity contribution in [3.8, 4) is 5.75 Å². The molecule has 0 aliphatic carbocycles. The summed E-state index contributed by atoms with van der Waals surface area (Å²) in [7, 11) is 0. The fourth-order valence-corrected chi connectivity index (χ4v) is 2.05. The molecule has 1 unspecified atom stereocenters. The largest absolute Gasteiger partial charge is 0.484 e. The predicted molar refractivity (Wildman–Crippen MR) is 83.5 cm³/mol. The standard InChI is InChI=1S/C16H22N4O2/c1-12(2)14(10-20-17-8-9-18-20)19-16(21)11-22-15-7-5-4-6-13(15)3/h4-9,12,14H,10-11H2,1-3H3,(H,19,21). The number of ether oxygens (including phenoxy) is 1. The van der Waals surface area contributed by atoms with E-state index in [2.05, 4.69) is 29.4 Å². The van der Waals surface area contributed by atoms with Gasteiger partial charge in [-0.15, -0.1) is 0 Å². The molecule has 0 saturated carbocycles. The second kappa shape index (κ2) is 7.59. The summed E-state index contributed by atoms with van der Waals surface area (Å²) in [5, 5.41) is 11.1. The van der Waals surface area contributed by atoms with E-state index in [1.165, 1.54) is 0 Å². The van der Waals surface area contributed by atoms with Gasteiger partial charge < -0.3 is 10.1 Å². The van der Waals surface area contributed by atoms with Crippen LogP contribution in [0.5, 0.6) is 5.75 Å². The Hall–Kier alpha value is -2.37. The third kappa shape index (κ3) is 4.58. The monoisotopic (exact) mass is 302 g/mol. The first-order valence-corrected chi connectivity index (χ1v) is 7.38. The number of benzene rings is 1. The van der Waals surface area contributed by atoms with Gasteiger partial charge in [-0.2, -0.15) is 15.0 Å². The van der Waals surface area contributed by atoms with Gasteiger partial charge in [-0.25, -0.2) is 0 Å². The molecule has 1 aromatic heterocycles. The van der Waals surface area contributed by atoms with Crippen molar-refractivity contribution in [3.05, 3.63) is 42.2 Å². The van der Waals surface area contributed by atoms with Crippen molar-refractivity contribution in [2.24, 2.45) is 5.92 Å². The quantitative estimate of drug-likeness (QED) is 0.847. The van der Waals surface area contributed by atoms with Gasteiger partial charge in [-0.1, -0.05) is 32.0 Å². The van der Waals surface area contributed by atoms with Crippen LogP contribution in [0.4, 0.5) is 0 Å². The normalized spacial score (nSPS) is 12.2. The van der Waals surface area contributed by atoms with E-state index in [1.807, 2.05) is 31.2 Å². The van der Waals surface area contributed by atoms with Crippen LogP contribution < -0.4 is 10.1 Å². The number of nitrogens with one attached hydrogen (secondary N) is 1. The van der Waals surface area contributed by atoms with E-state index in [9.17, 15) is 4.79 Å². The molecule has 6 nitrogen and oxygen atoms in total. The van der Waals surface area contributed by atoms with Crippen molar-refractivity contribution in [1.29, 1.82) is 0 Å². The molecule has 1 heterocycles.